The van der Waals surface area contributed by atoms with E-state index in [1.807, 2.05) is 48.9 Å². The second-order valence-electron chi connectivity index (χ2n) is 6.65. The summed E-state index contributed by atoms with van der Waals surface area (Å²) in [5.74, 6) is 0. The Hall–Kier alpha value is -2.76. The van der Waals surface area contributed by atoms with Crippen molar-refractivity contribution in [2.45, 2.75) is 13.0 Å². The maximum absolute atomic E-state index is 6.21. The van der Waals surface area contributed by atoms with E-state index < -0.39 is 0 Å². The van der Waals surface area contributed by atoms with Crippen LogP contribution in [0.15, 0.2) is 59.5 Å². The third kappa shape index (κ3) is 3.07. The molecule has 0 saturated carbocycles. The van der Waals surface area contributed by atoms with Crippen LogP contribution in [-0.2, 0) is 6.54 Å². The normalized spacial score (nSPS) is 11.6. The van der Waals surface area contributed by atoms with Crippen LogP contribution in [0.3, 0.4) is 0 Å². The Balaban J connectivity index is 1.60. The molecule has 0 atom stereocenters. The second-order valence-corrected chi connectivity index (χ2v) is 7.52. The van der Waals surface area contributed by atoms with Crippen molar-refractivity contribution in [3.63, 3.8) is 0 Å². The Morgan fingerprint density at radius 1 is 1.04 bits per heavy atom. The molecule has 3 heterocycles. The van der Waals surface area contributed by atoms with Crippen LogP contribution >= 0.6 is 23.2 Å². The Labute approximate surface area is 170 Å². The van der Waals surface area contributed by atoms with E-state index in [-0.39, 0.29) is 0 Å². The molecule has 5 nitrogen and oxygen atoms in total. The SMILES string of the molecule is Clc1ccc2c(NCCCn3ccnc3)c3oc4ccc(Cl)cc4c3nc2c1. The van der Waals surface area contributed by atoms with Gasteiger partial charge < -0.3 is 14.3 Å². The van der Waals surface area contributed by atoms with Crippen molar-refractivity contribution in [2.24, 2.45) is 0 Å². The number of furan rings is 1. The van der Waals surface area contributed by atoms with Crippen LogP contribution in [0.5, 0.6) is 0 Å². The van der Waals surface area contributed by atoms with Crippen molar-refractivity contribution in [2.75, 3.05) is 11.9 Å². The average molecular weight is 411 g/mol. The Kier molecular flexibility index (Phi) is 4.34. The molecule has 0 amide bonds. The number of aromatic nitrogens is 3. The number of halogens is 2. The van der Waals surface area contributed by atoms with Crippen molar-refractivity contribution in [1.29, 1.82) is 0 Å². The highest BCUT2D eigenvalue weighted by atomic mass is 35.5. The van der Waals surface area contributed by atoms with Crippen molar-refractivity contribution < 1.29 is 4.42 Å². The molecule has 0 saturated heterocycles. The molecule has 2 aromatic carbocycles. The largest absolute Gasteiger partial charge is 0.452 e. The van der Waals surface area contributed by atoms with Crippen molar-refractivity contribution in [3.05, 3.63) is 65.2 Å². The summed E-state index contributed by atoms with van der Waals surface area (Å²) in [5.41, 5.74) is 4.02. The van der Waals surface area contributed by atoms with Gasteiger partial charge in [0.2, 0.25) is 0 Å². The van der Waals surface area contributed by atoms with Crippen LogP contribution in [0, 0.1) is 0 Å². The van der Waals surface area contributed by atoms with Gasteiger partial charge in [0.25, 0.3) is 0 Å². The van der Waals surface area contributed by atoms with Crippen molar-refractivity contribution in [3.8, 4) is 0 Å². The number of nitrogens with zero attached hydrogens (tertiary/aromatic N) is 3. The number of hydrogen-bond acceptors (Lipinski definition) is 4. The van der Waals surface area contributed by atoms with Gasteiger partial charge in [-0.15, -0.1) is 0 Å². The summed E-state index contributed by atoms with van der Waals surface area (Å²) in [6.45, 7) is 1.67. The van der Waals surface area contributed by atoms with Gasteiger partial charge in [-0.3, -0.25) is 0 Å². The molecule has 0 radical (unpaired) electrons. The summed E-state index contributed by atoms with van der Waals surface area (Å²) in [7, 11) is 0. The van der Waals surface area contributed by atoms with Gasteiger partial charge in [-0.25, -0.2) is 9.97 Å². The maximum Gasteiger partial charge on any atom is 0.177 e. The molecule has 7 heteroatoms. The molecule has 5 rings (SSSR count). The summed E-state index contributed by atoms with van der Waals surface area (Å²) in [6, 6.07) is 11.3. The molecule has 0 bridgehead atoms. The van der Waals surface area contributed by atoms with Gasteiger partial charge in [0.1, 0.15) is 11.1 Å². The zero-order valence-corrected chi connectivity index (χ0v) is 16.3. The first kappa shape index (κ1) is 17.3. The van der Waals surface area contributed by atoms with E-state index >= 15 is 0 Å². The number of anilines is 1. The number of rotatable bonds is 5. The summed E-state index contributed by atoms with van der Waals surface area (Å²) >= 11 is 12.4. The molecule has 1 N–H and O–H groups in total. The lowest BCUT2D eigenvalue weighted by molar-refractivity contribution is 0.656. The molecule has 5 aromatic rings. The van der Waals surface area contributed by atoms with Crippen LogP contribution in [-0.4, -0.2) is 21.1 Å². The van der Waals surface area contributed by atoms with Gasteiger partial charge >= 0.3 is 0 Å². The first-order valence-electron chi connectivity index (χ1n) is 9.00. The highest BCUT2D eigenvalue weighted by Gasteiger charge is 2.16. The number of hydrogen-bond donors (Lipinski definition) is 1. The molecule has 0 spiro atoms. The highest BCUT2D eigenvalue weighted by molar-refractivity contribution is 6.32. The lowest BCUT2D eigenvalue weighted by Crippen LogP contribution is -2.06. The minimum atomic E-state index is 0.649. The minimum absolute atomic E-state index is 0.649. The van der Waals surface area contributed by atoms with E-state index in [0.29, 0.717) is 10.0 Å². The smallest absolute Gasteiger partial charge is 0.177 e. The predicted octanol–water partition coefficient (Wildman–Crippen LogP) is 6.14. The number of pyridine rings is 1. The van der Waals surface area contributed by atoms with E-state index in [9.17, 15) is 0 Å². The number of nitrogens with one attached hydrogen (secondary N) is 1. The van der Waals surface area contributed by atoms with E-state index in [4.69, 9.17) is 32.6 Å². The topological polar surface area (TPSA) is 55.9 Å². The number of imidazole rings is 1. The number of aryl methyl sites for hydroxylation is 1. The maximum atomic E-state index is 6.21. The van der Waals surface area contributed by atoms with Gasteiger partial charge in [0.05, 0.1) is 17.5 Å². The summed E-state index contributed by atoms with van der Waals surface area (Å²) in [6.07, 6.45) is 6.52. The van der Waals surface area contributed by atoms with Gasteiger partial charge in [0, 0.05) is 46.3 Å². The summed E-state index contributed by atoms with van der Waals surface area (Å²) in [5, 5.41) is 6.72. The zero-order chi connectivity index (χ0) is 19.1. The van der Waals surface area contributed by atoms with E-state index in [1.165, 1.54) is 0 Å². The molecule has 0 aliphatic carbocycles. The van der Waals surface area contributed by atoms with E-state index in [1.54, 1.807) is 6.20 Å². The fourth-order valence-corrected chi connectivity index (χ4v) is 3.80. The first-order valence-corrected chi connectivity index (χ1v) is 9.75. The monoisotopic (exact) mass is 410 g/mol. The predicted molar refractivity (Wildman–Crippen MR) is 114 cm³/mol. The van der Waals surface area contributed by atoms with Gasteiger partial charge in [-0.05, 0) is 42.8 Å². The lowest BCUT2D eigenvalue weighted by Gasteiger charge is -2.11. The second kappa shape index (κ2) is 7.00. The summed E-state index contributed by atoms with van der Waals surface area (Å²) in [4.78, 5) is 8.88. The third-order valence-corrected chi connectivity index (χ3v) is 5.24. The highest BCUT2D eigenvalue weighted by Crippen LogP contribution is 2.38. The van der Waals surface area contributed by atoms with Crippen LogP contribution in [0.1, 0.15) is 6.42 Å². The quantitative estimate of drug-likeness (QED) is 0.353. The van der Waals surface area contributed by atoms with Crippen LogP contribution in [0.2, 0.25) is 10.0 Å². The molecule has 28 heavy (non-hydrogen) atoms. The van der Waals surface area contributed by atoms with Crippen LogP contribution in [0.4, 0.5) is 5.69 Å². The molecule has 140 valence electrons. The van der Waals surface area contributed by atoms with Gasteiger partial charge in [-0.2, -0.15) is 0 Å². The molecule has 0 fully saturated rings. The standard InChI is InChI=1S/C21H16Cl2N4O/c22-13-3-5-18-16(10-13)20-21(28-18)19(15-4-2-14(23)11-17(15)26-20)25-6-1-8-27-9-7-24-12-27/h2-5,7,9-12H,1,6,8H2,(H,25,26). The fraction of sp³-hybridized carbons (Fsp3) is 0.143. The average Bonchev–Trinajstić information content (AvgIpc) is 3.32. The summed E-state index contributed by atoms with van der Waals surface area (Å²) < 4.78 is 8.21. The first-order chi connectivity index (χ1) is 13.7. The van der Waals surface area contributed by atoms with Crippen LogP contribution < -0.4 is 5.32 Å². The molecular weight excluding hydrogens is 395 g/mol. The Bertz CT molecular complexity index is 1290. The Morgan fingerprint density at radius 3 is 2.75 bits per heavy atom. The molecule has 0 unspecified atom stereocenters. The van der Waals surface area contributed by atoms with E-state index in [0.717, 1.165) is 58.2 Å². The molecular formula is C21H16Cl2N4O. The van der Waals surface area contributed by atoms with Crippen molar-refractivity contribution in [1.82, 2.24) is 14.5 Å². The number of fused-ring (bicyclic) bond motifs is 4. The minimum Gasteiger partial charge on any atom is -0.452 e. The lowest BCUT2D eigenvalue weighted by atomic mass is 10.1. The molecule has 0 aliphatic rings. The van der Waals surface area contributed by atoms with Crippen LogP contribution in [0.25, 0.3) is 33.0 Å². The molecule has 3 aromatic heterocycles. The number of benzene rings is 2. The molecule has 0 aliphatic heterocycles. The van der Waals surface area contributed by atoms with Gasteiger partial charge in [-0.1, -0.05) is 23.2 Å². The third-order valence-electron chi connectivity index (χ3n) is 4.77. The van der Waals surface area contributed by atoms with Crippen molar-refractivity contribution >= 4 is 61.9 Å². The fourth-order valence-electron chi connectivity index (χ4n) is 3.46. The van der Waals surface area contributed by atoms with Gasteiger partial charge in [0.15, 0.2) is 5.58 Å². The zero-order valence-electron chi connectivity index (χ0n) is 14.8. The Morgan fingerprint density at radius 2 is 1.89 bits per heavy atom. The van der Waals surface area contributed by atoms with E-state index in [2.05, 4.69) is 14.9 Å².